The molecule has 2 aromatic heterocycles. The third kappa shape index (κ3) is 4.28. The number of nitrogens with zero attached hydrogens (tertiary/aromatic N) is 3. The predicted octanol–water partition coefficient (Wildman–Crippen LogP) is 4.76. The molecular formula is C20H19FN4OS2. The molecule has 0 atom stereocenters. The molecule has 1 aromatic carbocycles. The number of carbonyl (C=O) groups excluding carboxylic acids is 1. The Labute approximate surface area is 170 Å². The summed E-state index contributed by atoms with van der Waals surface area (Å²) in [5, 5.41) is 7.12. The summed E-state index contributed by atoms with van der Waals surface area (Å²) in [5.41, 5.74) is 3.75. The molecule has 1 N–H and O–H groups in total. The number of aromatic nitrogens is 1. The fourth-order valence-corrected chi connectivity index (χ4v) is 4.83. The summed E-state index contributed by atoms with van der Waals surface area (Å²) < 4.78 is 13.0. The lowest BCUT2D eigenvalue weighted by Crippen LogP contribution is -2.29. The average Bonchev–Trinajstić information content (AvgIpc) is 3.39. The Morgan fingerprint density at radius 1 is 1.18 bits per heavy atom. The number of amides is 1. The Bertz CT molecular complexity index is 961. The van der Waals surface area contributed by atoms with Crippen LogP contribution in [0.1, 0.15) is 34.5 Å². The van der Waals surface area contributed by atoms with Gasteiger partial charge >= 0.3 is 0 Å². The van der Waals surface area contributed by atoms with Crippen molar-refractivity contribution in [1.29, 1.82) is 0 Å². The minimum Gasteiger partial charge on any atom is -0.348 e. The van der Waals surface area contributed by atoms with Crippen molar-refractivity contribution in [1.82, 2.24) is 10.4 Å². The molecule has 0 spiro atoms. The van der Waals surface area contributed by atoms with Crippen LogP contribution in [0.3, 0.4) is 0 Å². The van der Waals surface area contributed by atoms with Crippen LogP contribution in [-0.4, -0.2) is 30.2 Å². The largest absolute Gasteiger partial charge is 0.348 e. The number of thiophene rings is 1. The fourth-order valence-electron chi connectivity index (χ4n) is 3.03. The number of halogens is 1. The minimum absolute atomic E-state index is 0.357. The number of hydrazone groups is 1. The molecule has 0 unspecified atom stereocenters. The zero-order valence-electron chi connectivity index (χ0n) is 15.1. The topological polar surface area (TPSA) is 57.6 Å². The van der Waals surface area contributed by atoms with Crippen LogP contribution in [0.15, 0.2) is 46.9 Å². The number of piperidine rings is 1. The maximum Gasteiger partial charge on any atom is 0.271 e. The molecule has 1 fully saturated rings. The van der Waals surface area contributed by atoms with Crippen molar-refractivity contribution in [3.8, 4) is 10.6 Å². The molecule has 3 aromatic rings. The molecule has 1 aliphatic heterocycles. The molecule has 8 heteroatoms. The van der Waals surface area contributed by atoms with Gasteiger partial charge < -0.3 is 4.90 Å². The quantitative estimate of drug-likeness (QED) is 0.484. The molecule has 144 valence electrons. The molecule has 1 amide bonds. The van der Waals surface area contributed by atoms with Crippen molar-refractivity contribution in [2.45, 2.75) is 19.3 Å². The number of benzene rings is 1. The van der Waals surface area contributed by atoms with E-state index in [1.54, 1.807) is 28.9 Å². The predicted molar refractivity (Wildman–Crippen MR) is 113 cm³/mol. The van der Waals surface area contributed by atoms with Crippen molar-refractivity contribution in [3.05, 3.63) is 58.0 Å². The lowest BCUT2D eigenvalue weighted by Gasteiger charge is -2.25. The molecule has 0 aliphatic carbocycles. The van der Waals surface area contributed by atoms with E-state index in [4.69, 9.17) is 4.98 Å². The SMILES string of the molecule is O=C(N/N=C\c1sc(N2CCCCC2)nc1-c1cccs1)c1ccc(F)cc1. The smallest absolute Gasteiger partial charge is 0.271 e. The van der Waals surface area contributed by atoms with E-state index in [0.29, 0.717) is 5.56 Å². The first-order valence-electron chi connectivity index (χ1n) is 9.09. The summed E-state index contributed by atoms with van der Waals surface area (Å²) in [4.78, 5) is 21.3. The van der Waals surface area contributed by atoms with Crippen molar-refractivity contribution in [2.24, 2.45) is 5.10 Å². The van der Waals surface area contributed by atoms with Gasteiger partial charge in [-0.3, -0.25) is 4.79 Å². The van der Waals surface area contributed by atoms with Gasteiger partial charge in [-0.15, -0.1) is 11.3 Å². The van der Waals surface area contributed by atoms with Gasteiger partial charge in [0, 0.05) is 18.7 Å². The van der Waals surface area contributed by atoms with E-state index in [-0.39, 0.29) is 11.7 Å². The molecule has 5 nitrogen and oxygen atoms in total. The molecule has 4 rings (SSSR count). The molecular weight excluding hydrogens is 395 g/mol. The molecule has 1 saturated heterocycles. The number of nitrogens with one attached hydrogen (secondary N) is 1. The third-order valence-electron chi connectivity index (χ3n) is 4.48. The highest BCUT2D eigenvalue weighted by molar-refractivity contribution is 7.18. The second kappa shape index (κ2) is 8.62. The van der Waals surface area contributed by atoms with E-state index in [1.165, 1.54) is 43.5 Å². The second-order valence-corrected chi connectivity index (χ2v) is 8.40. The van der Waals surface area contributed by atoms with E-state index >= 15 is 0 Å². The van der Waals surface area contributed by atoms with Gasteiger partial charge in [0.15, 0.2) is 5.13 Å². The molecule has 28 heavy (non-hydrogen) atoms. The zero-order chi connectivity index (χ0) is 19.3. The minimum atomic E-state index is -0.380. The maximum atomic E-state index is 13.0. The van der Waals surface area contributed by atoms with Crippen LogP contribution in [0, 0.1) is 5.82 Å². The third-order valence-corrected chi connectivity index (χ3v) is 6.40. The first-order chi connectivity index (χ1) is 13.7. The highest BCUT2D eigenvalue weighted by atomic mass is 32.1. The molecule has 0 bridgehead atoms. The Morgan fingerprint density at radius 2 is 1.96 bits per heavy atom. The summed E-state index contributed by atoms with van der Waals surface area (Å²) in [7, 11) is 0. The van der Waals surface area contributed by atoms with Gasteiger partial charge in [0.25, 0.3) is 5.91 Å². The van der Waals surface area contributed by atoms with Crippen molar-refractivity contribution < 1.29 is 9.18 Å². The Balaban J connectivity index is 1.53. The number of anilines is 1. The van der Waals surface area contributed by atoms with E-state index in [9.17, 15) is 9.18 Å². The van der Waals surface area contributed by atoms with Crippen LogP contribution >= 0.6 is 22.7 Å². The molecule has 3 heterocycles. The summed E-state index contributed by atoms with van der Waals surface area (Å²) in [6, 6.07) is 9.39. The van der Waals surface area contributed by atoms with Gasteiger partial charge in [0.2, 0.25) is 0 Å². The number of hydrogen-bond donors (Lipinski definition) is 1. The standard InChI is InChI=1S/C20H19FN4OS2/c21-15-8-6-14(7-9-15)19(26)24-22-13-17-18(16-5-4-12-27-16)23-20(28-17)25-10-2-1-3-11-25/h4-9,12-13H,1-3,10-11H2,(H,24,26)/b22-13-. The number of rotatable bonds is 5. The number of hydrogen-bond acceptors (Lipinski definition) is 6. The van der Waals surface area contributed by atoms with E-state index < -0.39 is 0 Å². The first kappa shape index (κ1) is 18.8. The van der Waals surface area contributed by atoms with Crippen molar-refractivity contribution in [3.63, 3.8) is 0 Å². The molecule has 0 radical (unpaired) electrons. The van der Waals surface area contributed by atoms with Crippen LogP contribution in [0.25, 0.3) is 10.6 Å². The van der Waals surface area contributed by atoms with Crippen LogP contribution in [0.5, 0.6) is 0 Å². The van der Waals surface area contributed by atoms with Crippen LogP contribution in [0.2, 0.25) is 0 Å². The maximum absolute atomic E-state index is 13.0. The average molecular weight is 415 g/mol. The number of carbonyl (C=O) groups is 1. The van der Waals surface area contributed by atoms with Gasteiger partial charge in [0.1, 0.15) is 11.5 Å². The Morgan fingerprint density at radius 3 is 2.68 bits per heavy atom. The number of thiazole rings is 1. The van der Waals surface area contributed by atoms with E-state index in [1.807, 2.05) is 17.5 Å². The lowest BCUT2D eigenvalue weighted by molar-refractivity contribution is 0.0955. The van der Waals surface area contributed by atoms with Crippen molar-refractivity contribution >= 4 is 39.9 Å². The highest BCUT2D eigenvalue weighted by Crippen LogP contribution is 2.35. The summed E-state index contributed by atoms with van der Waals surface area (Å²) >= 11 is 3.21. The second-order valence-electron chi connectivity index (χ2n) is 6.44. The van der Waals surface area contributed by atoms with Gasteiger partial charge in [-0.05, 0) is 55.0 Å². The summed E-state index contributed by atoms with van der Waals surface area (Å²) in [5.74, 6) is -0.759. The van der Waals surface area contributed by atoms with Gasteiger partial charge in [-0.1, -0.05) is 17.4 Å². The lowest BCUT2D eigenvalue weighted by atomic mass is 10.1. The van der Waals surface area contributed by atoms with E-state index in [2.05, 4.69) is 15.4 Å². The summed E-state index contributed by atoms with van der Waals surface area (Å²) in [6.45, 7) is 2.05. The Hall–Kier alpha value is -2.58. The fraction of sp³-hybridized carbons (Fsp3) is 0.250. The van der Waals surface area contributed by atoms with Crippen LogP contribution in [-0.2, 0) is 0 Å². The van der Waals surface area contributed by atoms with Crippen LogP contribution in [0.4, 0.5) is 9.52 Å². The molecule has 1 aliphatic rings. The Kier molecular flexibility index (Phi) is 5.78. The van der Waals surface area contributed by atoms with Crippen LogP contribution < -0.4 is 10.3 Å². The monoisotopic (exact) mass is 414 g/mol. The highest BCUT2D eigenvalue weighted by Gasteiger charge is 2.19. The van der Waals surface area contributed by atoms with Gasteiger partial charge in [-0.2, -0.15) is 5.10 Å². The molecule has 0 saturated carbocycles. The zero-order valence-corrected chi connectivity index (χ0v) is 16.7. The van der Waals surface area contributed by atoms with Crippen molar-refractivity contribution in [2.75, 3.05) is 18.0 Å². The van der Waals surface area contributed by atoms with Gasteiger partial charge in [-0.25, -0.2) is 14.8 Å². The van der Waals surface area contributed by atoms with E-state index in [0.717, 1.165) is 33.7 Å². The normalized spacial score (nSPS) is 14.5. The first-order valence-corrected chi connectivity index (χ1v) is 10.8. The van der Waals surface area contributed by atoms with Gasteiger partial charge in [0.05, 0.1) is 16.0 Å². The summed E-state index contributed by atoms with van der Waals surface area (Å²) in [6.07, 6.45) is 5.28.